The van der Waals surface area contributed by atoms with Crippen molar-refractivity contribution in [3.63, 3.8) is 0 Å². The highest BCUT2D eigenvalue weighted by Gasteiger charge is 2.09. The molecule has 2 N–H and O–H groups in total. The Labute approximate surface area is 99.0 Å². The Kier molecular flexibility index (Phi) is 4.83. The quantitative estimate of drug-likeness (QED) is 0.789. The van der Waals surface area contributed by atoms with Crippen LogP contribution in [0.2, 0.25) is 0 Å². The third-order valence-electron chi connectivity index (χ3n) is 1.87. The van der Waals surface area contributed by atoms with Crippen molar-refractivity contribution in [3.05, 3.63) is 21.9 Å². The average Bonchev–Trinajstić information content (AvgIpc) is 2.72. The smallest absolute Gasteiger partial charge is 0.409 e. The molecular formula is C11H14N2O2S. The minimum atomic E-state index is -0.346. The van der Waals surface area contributed by atoms with Gasteiger partial charge in [-0.25, -0.2) is 4.79 Å². The minimum absolute atomic E-state index is 0.346. The molecule has 0 spiro atoms. The van der Waals surface area contributed by atoms with Crippen molar-refractivity contribution in [2.45, 2.75) is 6.54 Å². The van der Waals surface area contributed by atoms with Gasteiger partial charge in [-0.15, -0.1) is 11.3 Å². The largest absolute Gasteiger partial charge is 0.453 e. The molecule has 16 heavy (non-hydrogen) atoms. The first-order chi connectivity index (χ1) is 7.67. The van der Waals surface area contributed by atoms with Gasteiger partial charge in [-0.3, -0.25) is 0 Å². The van der Waals surface area contributed by atoms with E-state index >= 15 is 0 Å². The van der Waals surface area contributed by atoms with E-state index in [0.29, 0.717) is 13.1 Å². The molecule has 5 heteroatoms. The summed E-state index contributed by atoms with van der Waals surface area (Å²) in [5.41, 5.74) is 6.32. The van der Waals surface area contributed by atoms with Crippen LogP contribution in [0.3, 0.4) is 0 Å². The molecule has 0 saturated carbocycles. The molecule has 0 atom stereocenters. The third-order valence-corrected chi connectivity index (χ3v) is 2.77. The van der Waals surface area contributed by atoms with E-state index in [1.807, 2.05) is 11.4 Å². The van der Waals surface area contributed by atoms with Gasteiger partial charge in [0.25, 0.3) is 0 Å². The van der Waals surface area contributed by atoms with E-state index < -0.39 is 0 Å². The number of carbonyl (C=O) groups is 1. The number of methoxy groups -OCH3 is 1. The number of nitrogens with zero attached hydrogens (tertiary/aromatic N) is 1. The van der Waals surface area contributed by atoms with Crippen molar-refractivity contribution in [1.82, 2.24) is 4.90 Å². The maximum atomic E-state index is 11.2. The maximum absolute atomic E-state index is 11.2. The summed E-state index contributed by atoms with van der Waals surface area (Å²) in [6, 6.07) is 1.95. The fourth-order valence-corrected chi connectivity index (χ4v) is 1.93. The van der Waals surface area contributed by atoms with Crippen molar-refractivity contribution in [2.75, 3.05) is 20.7 Å². The molecule has 0 radical (unpaired) electrons. The van der Waals surface area contributed by atoms with E-state index in [9.17, 15) is 4.79 Å². The summed E-state index contributed by atoms with van der Waals surface area (Å²) in [5, 5.41) is 1.97. The highest BCUT2D eigenvalue weighted by Crippen LogP contribution is 2.15. The summed E-state index contributed by atoms with van der Waals surface area (Å²) in [7, 11) is 3.05. The van der Waals surface area contributed by atoms with Gasteiger partial charge in [0.2, 0.25) is 0 Å². The Morgan fingerprint density at radius 3 is 3.06 bits per heavy atom. The predicted octanol–water partition coefficient (Wildman–Crippen LogP) is 1.26. The average molecular weight is 238 g/mol. The molecule has 1 aromatic rings. The molecule has 1 heterocycles. The first-order valence-corrected chi connectivity index (χ1v) is 5.60. The van der Waals surface area contributed by atoms with Crippen LogP contribution in [0.5, 0.6) is 0 Å². The fourth-order valence-electron chi connectivity index (χ4n) is 1.16. The van der Waals surface area contributed by atoms with Crippen LogP contribution >= 0.6 is 11.3 Å². The molecule has 0 bridgehead atoms. The van der Waals surface area contributed by atoms with Crippen LogP contribution in [0.1, 0.15) is 10.4 Å². The number of ether oxygens (including phenoxy) is 1. The van der Waals surface area contributed by atoms with Crippen molar-refractivity contribution in [1.29, 1.82) is 0 Å². The molecule has 0 saturated heterocycles. The SMILES string of the molecule is COC(=O)N(C)Cc1csc(C#CCN)c1. The first kappa shape index (κ1) is 12.6. The molecule has 4 nitrogen and oxygen atoms in total. The van der Waals surface area contributed by atoms with Gasteiger partial charge in [-0.2, -0.15) is 0 Å². The van der Waals surface area contributed by atoms with E-state index in [0.717, 1.165) is 10.4 Å². The van der Waals surface area contributed by atoms with Crippen molar-refractivity contribution >= 4 is 17.4 Å². The van der Waals surface area contributed by atoms with Gasteiger partial charge in [0.1, 0.15) is 0 Å². The lowest BCUT2D eigenvalue weighted by atomic mass is 10.3. The lowest BCUT2D eigenvalue weighted by molar-refractivity contribution is 0.131. The number of hydrogen-bond donors (Lipinski definition) is 1. The number of nitrogens with two attached hydrogens (primary N) is 1. The zero-order chi connectivity index (χ0) is 12.0. The normalized spacial score (nSPS) is 9.19. The van der Waals surface area contributed by atoms with Gasteiger partial charge in [-0.05, 0) is 17.0 Å². The van der Waals surface area contributed by atoms with E-state index in [-0.39, 0.29) is 6.09 Å². The van der Waals surface area contributed by atoms with E-state index in [1.165, 1.54) is 12.0 Å². The number of rotatable bonds is 2. The van der Waals surface area contributed by atoms with Crippen LogP contribution < -0.4 is 5.73 Å². The summed E-state index contributed by atoms with van der Waals surface area (Å²) in [4.78, 5) is 13.6. The molecule has 0 aliphatic carbocycles. The summed E-state index contributed by atoms with van der Waals surface area (Å²) < 4.78 is 4.60. The van der Waals surface area contributed by atoms with Crippen LogP contribution in [0.4, 0.5) is 4.79 Å². The topological polar surface area (TPSA) is 55.6 Å². The first-order valence-electron chi connectivity index (χ1n) is 4.72. The molecule has 1 aromatic heterocycles. The maximum Gasteiger partial charge on any atom is 0.409 e. The molecule has 0 fully saturated rings. The number of thiophene rings is 1. The molecule has 0 unspecified atom stereocenters. The molecule has 0 aromatic carbocycles. The molecule has 86 valence electrons. The van der Waals surface area contributed by atoms with Crippen LogP contribution in [0.25, 0.3) is 0 Å². The van der Waals surface area contributed by atoms with Gasteiger partial charge in [0, 0.05) is 13.6 Å². The van der Waals surface area contributed by atoms with Crippen molar-refractivity contribution in [2.24, 2.45) is 5.73 Å². The lowest BCUT2D eigenvalue weighted by Gasteiger charge is -2.13. The van der Waals surface area contributed by atoms with Crippen LogP contribution in [0.15, 0.2) is 11.4 Å². The van der Waals surface area contributed by atoms with Crippen LogP contribution in [-0.2, 0) is 11.3 Å². The Bertz CT molecular complexity index is 417. The Morgan fingerprint density at radius 2 is 2.44 bits per heavy atom. The minimum Gasteiger partial charge on any atom is -0.453 e. The second-order valence-corrected chi connectivity index (χ2v) is 4.06. The standard InChI is InChI=1S/C11H14N2O2S/c1-13(11(14)15-2)7-9-6-10(16-8-9)4-3-5-12/h6,8H,5,7,12H2,1-2H3. The molecular weight excluding hydrogens is 224 g/mol. The molecule has 0 aliphatic rings. The van der Waals surface area contributed by atoms with Crippen LogP contribution in [0, 0.1) is 11.8 Å². The van der Waals surface area contributed by atoms with Gasteiger partial charge in [-0.1, -0.05) is 11.8 Å². The number of amides is 1. The molecule has 1 amide bonds. The number of hydrogen-bond acceptors (Lipinski definition) is 4. The summed E-state index contributed by atoms with van der Waals surface area (Å²) in [6.45, 7) is 0.878. The summed E-state index contributed by atoms with van der Waals surface area (Å²) in [5.74, 6) is 5.74. The van der Waals surface area contributed by atoms with Crippen molar-refractivity contribution in [3.8, 4) is 11.8 Å². The second kappa shape index (κ2) is 6.16. The van der Waals surface area contributed by atoms with Gasteiger partial charge in [0.15, 0.2) is 0 Å². The van der Waals surface area contributed by atoms with Gasteiger partial charge in [0.05, 0.1) is 18.5 Å². The number of carbonyl (C=O) groups excluding carboxylic acids is 1. The summed E-state index contributed by atoms with van der Waals surface area (Å²) >= 11 is 1.54. The monoisotopic (exact) mass is 238 g/mol. The zero-order valence-electron chi connectivity index (χ0n) is 9.32. The Balaban J connectivity index is 2.61. The highest BCUT2D eigenvalue weighted by molar-refractivity contribution is 7.10. The van der Waals surface area contributed by atoms with Crippen LogP contribution in [-0.4, -0.2) is 31.7 Å². The lowest BCUT2D eigenvalue weighted by Crippen LogP contribution is -2.25. The third kappa shape index (κ3) is 3.57. The molecule has 0 aliphatic heterocycles. The second-order valence-electron chi connectivity index (χ2n) is 3.15. The van der Waals surface area contributed by atoms with E-state index in [4.69, 9.17) is 5.73 Å². The fraction of sp³-hybridized carbons (Fsp3) is 0.364. The predicted molar refractivity (Wildman–Crippen MR) is 64.1 cm³/mol. The van der Waals surface area contributed by atoms with Crippen molar-refractivity contribution < 1.29 is 9.53 Å². The molecule has 1 rings (SSSR count). The van der Waals surface area contributed by atoms with Gasteiger partial charge >= 0.3 is 6.09 Å². The Morgan fingerprint density at radius 1 is 1.69 bits per heavy atom. The zero-order valence-corrected chi connectivity index (χ0v) is 10.1. The highest BCUT2D eigenvalue weighted by atomic mass is 32.1. The van der Waals surface area contributed by atoms with E-state index in [2.05, 4.69) is 16.6 Å². The Hall–Kier alpha value is -1.51. The van der Waals surface area contributed by atoms with E-state index in [1.54, 1.807) is 18.4 Å². The summed E-state index contributed by atoms with van der Waals surface area (Å²) in [6.07, 6.45) is -0.346. The van der Waals surface area contributed by atoms with Gasteiger partial charge < -0.3 is 15.4 Å².